The normalized spacial score (nSPS) is 10.3. The lowest BCUT2D eigenvalue weighted by Gasteiger charge is -2.12. The van der Waals surface area contributed by atoms with E-state index in [9.17, 15) is 0 Å². The third kappa shape index (κ3) is 2.55. The molecule has 0 aliphatic carbocycles. The first-order chi connectivity index (χ1) is 8.24. The van der Waals surface area contributed by atoms with Crippen LogP contribution in [-0.4, -0.2) is 17.0 Å². The molecule has 0 aliphatic rings. The van der Waals surface area contributed by atoms with Crippen molar-refractivity contribution < 1.29 is 0 Å². The van der Waals surface area contributed by atoms with Gasteiger partial charge in [0.2, 0.25) is 0 Å². The molecule has 2 aromatic rings. The van der Waals surface area contributed by atoms with Gasteiger partial charge < -0.3 is 10.6 Å². The van der Waals surface area contributed by atoms with Gasteiger partial charge in [-0.3, -0.25) is 0 Å². The Morgan fingerprint density at radius 2 is 2.06 bits per heavy atom. The van der Waals surface area contributed by atoms with E-state index in [1.54, 1.807) is 11.3 Å². The minimum Gasteiger partial charge on any atom is -0.373 e. The molecular formula is C12H16N4S. The zero-order chi connectivity index (χ0) is 12.3. The molecule has 0 saturated heterocycles. The number of aryl methyl sites for hydroxylation is 1. The Kier molecular flexibility index (Phi) is 3.58. The van der Waals surface area contributed by atoms with Gasteiger partial charge in [-0.25, -0.2) is 9.97 Å². The van der Waals surface area contributed by atoms with E-state index in [1.165, 1.54) is 0 Å². The van der Waals surface area contributed by atoms with E-state index in [0.29, 0.717) is 0 Å². The number of nitrogens with one attached hydrogen (secondary N) is 2. The summed E-state index contributed by atoms with van der Waals surface area (Å²) in [6.07, 6.45) is 0.827. The summed E-state index contributed by atoms with van der Waals surface area (Å²) < 4.78 is 0. The van der Waals surface area contributed by atoms with Crippen LogP contribution in [0.5, 0.6) is 0 Å². The number of rotatable bonds is 4. The van der Waals surface area contributed by atoms with E-state index < -0.39 is 0 Å². The standard InChI is InChI=1S/C12H16N4S/c1-4-10-15-11(13-3)8(2)12(16-10)14-9-5-6-17-7-9/h5-7H,4H2,1-3H3,(H2,13,14,15,16). The Balaban J connectivity index is 2.38. The second-order valence-corrected chi connectivity index (χ2v) is 4.48. The maximum absolute atomic E-state index is 4.52. The van der Waals surface area contributed by atoms with Crippen molar-refractivity contribution in [3.63, 3.8) is 0 Å². The van der Waals surface area contributed by atoms with E-state index in [-0.39, 0.29) is 0 Å². The molecule has 0 amide bonds. The molecule has 0 unspecified atom stereocenters. The van der Waals surface area contributed by atoms with Gasteiger partial charge in [0.15, 0.2) is 0 Å². The fraction of sp³-hybridized carbons (Fsp3) is 0.333. The molecule has 17 heavy (non-hydrogen) atoms. The first-order valence-electron chi connectivity index (χ1n) is 5.59. The number of thiophene rings is 1. The highest BCUT2D eigenvalue weighted by Crippen LogP contribution is 2.24. The molecule has 0 atom stereocenters. The summed E-state index contributed by atoms with van der Waals surface area (Å²) in [6.45, 7) is 4.07. The lowest BCUT2D eigenvalue weighted by Crippen LogP contribution is -2.06. The van der Waals surface area contributed by atoms with Crippen molar-refractivity contribution in [3.8, 4) is 0 Å². The molecule has 2 heterocycles. The molecule has 0 bridgehead atoms. The van der Waals surface area contributed by atoms with Crippen LogP contribution in [0.3, 0.4) is 0 Å². The number of aromatic nitrogens is 2. The first kappa shape index (κ1) is 11.9. The topological polar surface area (TPSA) is 49.8 Å². The largest absolute Gasteiger partial charge is 0.373 e. The van der Waals surface area contributed by atoms with Gasteiger partial charge in [-0.1, -0.05) is 6.92 Å². The second-order valence-electron chi connectivity index (χ2n) is 3.70. The Morgan fingerprint density at radius 3 is 2.65 bits per heavy atom. The molecule has 0 aliphatic heterocycles. The van der Waals surface area contributed by atoms with Gasteiger partial charge in [0, 0.05) is 24.4 Å². The van der Waals surface area contributed by atoms with Crippen molar-refractivity contribution in [1.29, 1.82) is 0 Å². The van der Waals surface area contributed by atoms with Crippen LogP contribution < -0.4 is 10.6 Å². The number of anilines is 3. The van der Waals surface area contributed by atoms with Crippen LogP contribution in [0.4, 0.5) is 17.3 Å². The van der Waals surface area contributed by atoms with Gasteiger partial charge in [0.05, 0.1) is 5.69 Å². The molecular weight excluding hydrogens is 232 g/mol. The van der Waals surface area contributed by atoms with Crippen molar-refractivity contribution in [2.75, 3.05) is 17.7 Å². The van der Waals surface area contributed by atoms with Gasteiger partial charge >= 0.3 is 0 Å². The van der Waals surface area contributed by atoms with Crippen molar-refractivity contribution in [2.45, 2.75) is 20.3 Å². The van der Waals surface area contributed by atoms with Gasteiger partial charge in [-0.15, -0.1) is 0 Å². The lowest BCUT2D eigenvalue weighted by molar-refractivity contribution is 0.936. The van der Waals surface area contributed by atoms with Crippen molar-refractivity contribution in [2.24, 2.45) is 0 Å². The molecule has 5 heteroatoms. The average molecular weight is 248 g/mol. The Hall–Kier alpha value is -1.62. The summed E-state index contributed by atoms with van der Waals surface area (Å²) in [5.74, 6) is 2.60. The third-order valence-corrected chi connectivity index (χ3v) is 3.21. The molecule has 0 fully saturated rings. The maximum atomic E-state index is 4.52. The lowest BCUT2D eigenvalue weighted by atomic mass is 10.3. The SMILES string of the molecule is CCc1nc(NC)c(C)c(Nc2ccsc2)n1. The highest BCUT2D eigenvalue weighted by molar-refractivity contribution is 7.08. The van der Waals surface area contributed by atoms with Crippen molar-refractivity contribution >= 4 is 28.7 Å². The fourth-order valence-electron chi connectivity index (χ4n) is 1.56. The predicted octanol–water partition coefficient (Wildman–Crippen LogP) is 3.19. The fourth-order valence-corrected chi connectivity index (χ4v) is 2.15. The summed E-state index contributed by atoms with van der Waals surface area (Å²) in [7, 11) is 1.88. The minimum absolute atomic E-state index is 0.827. The van der Waals surface area contributed by atoms with Crippen LogP contribution in [0.15, 0.2) is 16.8 Å². The number of hydrogen-bond donors (Lipinski definition) is 2. The van der Waals surface area contributed by atoms with E-state index in [4.69, 9.17) is 0 Å². The summed E-state index contributed by atoms with van der Waals surface area (Å²) in [5, 5.41) is 10.5. The average Bonchev–Trinajstić information content (AvgIpc) is 2.84. The highest BCUT2D eigenvalue weighted by Gasteiger charge is 2.09. The number of nitrogens with zero attached hydrogens (tertiary/aromatic N) is 2. The van der Waals surface area contributed by atoms with Gasteiger partial charge in [-0.2, -0.15) is 11.3 Å². The summed E-state index contributed by atoms with van der Waals surface area (Å²) in [5.41, 5.74) is 2.11. The number of hydrogen-bond acceptors (Lipinski definition) is 5. The van der Waals surface area contributed by atoms with E-state index in [0.717, 1.165) is 35.1 Å². The zero-order valence-electron chi connectivity index (χ0n) is 10.2. The monoisotopic (exact) mass is 248 g/mol. The summed E-state index contributed by atoms with van der Waals surface area (Å²) >= 11 is 1.66. The molecule has 0 saturated carbocycles. The van der Waals surface area contributed by atoms with Crippen LogP contribution in [0.25, 0.3) is 0 Å². The van der Waals surface area contributed by atoms with E-state index >= 15 is 0 Å². The minimum atomic E-state index is 0.827. The van der Waals surface area contributed by atoms with E-state index in [2.05, 4.69) is 32.9 Å². The van der Waals surface area contributed by atoms with Crippen LogP contribution in [0.2, 0.25) is 0 Å². The maximum Gasteiger partial charge on any atom is 0.139 e. The molecule has 2 N–H and O–H groups in total. The van der Waals surface area contributed by atoms with Gasteiger partial charge in [0.25, 0.3) is 0 Å². The zero-order valence-corrected chi connectivity index (χ0v) is 11.1. The van der Waals surface area contributed by atoms with Crippen molar-refractivity contribution in [1.82, 2.24) is 9.97 Å². The predicted molar refractivity (Wildman–Crippen MR) is 73.3 cm³/mol. The molecule has 0 spiro atoms. The van der Waals surface area contributed by atoms with Crippen LogP contribution >= 0.6 is 11.3 Å². The van der Waals surface area contributed by atoms with Gasteiger partial charge in [0.1, 0.15) is 17.5 Å². The van der Waals surface area contributed by atoms with Crippen LogP contribution in [-0.2, 0) is 6.42 Å². The Bertz CT molecular complexity index is 493. The van der Waals surface area contributed by atoms with Crippen molar-refractivity contribution in [3.05, 3.63) is 28.2 Å². The Morgan fingerprint density at radius 1 is 1.29 bits per heavy atom. The highest BCUT2D eigenvalue weighted by atomic mass is 32.1. The molecule has 0 radical (unpaired) electrons. The first-order valence-corrected chi connectivity index (χ1v) is 6.53. The smallest absolute Gasteiger partial charge is 0.139 e. The van der Waals surface area contributed by atoms with Crippen LogP contribution in [0, 0.1) is 6.92 Å². The molecule has 90 valence electrons. The Labute approximate surface area is 105 Å². The van der Waals surface area contributed by atoms with Gasteiger partial charge in [-0.05, 0) is 18.4 Å². The molecule has 0 aromatic carbocycles. The summed E-state index contributed by atoms with van der Waals surface area (Å²) in [6, 6.07) is 2.04. The van der Waals surface area contributed by atoms with Crippen LogP contribution in [0.1, 0.15) is 18.3 Å². The molecule has 2 rings (SSSR count). The molecule has 2 aromatic heterocycles. The summed E-state index contributed by atoms with van der Waals surface area (Å²) in [4.78, 5) is 8.96. The quantitative estimate of drug-likeness (QED) is 0.872. The third-order valence-electron chi connectivity index (χ3n) is 2.53. The van der Waals surface area contributed by atoms with E-state index in [1.807, 2.05) is 25.4 Å². The molecule has 4 nitrogen and oxygen atoms in total. The second kappa shape index (κ2) is 5.14.